The molecule has 0 aliphatic carbocycles. The minimum Gasteiger partial charge on any atom is -0.227 e. The van der Waals surface area contributed by atoms with Gasteiger partial charge in [0.1, 0.15) is 0 Å². The molecule has 163 valence electrons. The molecule has 30 heavy (non-hydrogen) atoms. The van der Waals surface area contributed by atoms with Crippen molar-refractivity contribution in [2.24, 2.45) is 0 Å². The largest absolute Gasteiger partial charge is 0.238 e. The van der Waals surface area contributed by atoms with E-state index in [0.717, 1.165) is 17.1 Å². The predicted octanol–water partition coefficient (Wildman–Crippen LogP) is 5.55. The maximum Gasteiger partial charge on any atom is 0.238 e. The summed E-state index contributed by atoms with van der Waals surface area (Å²) in [6.45, 7) is 19.6. The first-order valence-corrected chi connectivity index (χ1v) is 10.2. The molecule has 0 atom stereocenters. The molecule has 0 saturated carbocycles. The third-order valence-corrected chi connectivity index (χ3v) is 4.54. The number of allylic oxidation sites excluding steroid dienone is 2. The van der Waals surface area contributed by atoms with Gasteiger partial charge in [0.2, 0.25) is 6.29 Å². The molecule has 0 spiro atoms. The van der Waals surface area contributed by atoms with Gasteiger partial charge >= 0.3 is 0 Å². The molecule has 3 aromatic heterocycles. The van der Waals surface area contributed by atoms with Crippen molar-refractivity contribution in [2.45, 2.75) is 65.6 Å². The Labute approximate surface area is 191 Å². The SMILES string of the molecule is C=CC=C.CC(C)c1ccn(C(n2ccc(C(C)C)n2)n2ccc(C(C)C)n2)n1.[Mn]. The summed E-state index contributed by atoms with van der Waals surface area (Å²) in [5.74, 6) is 1.15. The van der Waals surface area contributed by atoms with Crippen LogP contribution in [0.4, 0.5) is 0 Å². The first-order chi connectivity index (χ1) is 13.8. The van der Waals surface area contributed by atoms with Crippen LogP contribution < -0.4 is 0 Å². The smallest absolute Gasteiger partial charge is 0.227 e. The number of rotatable bonds is 7. The standard InChI is InChI=1S/C19H28N6.C4H6.Mn/c1-13(2)16-7-10-23(20-16)19(24-11-8-17(21-24)14(3)4)25-12-9-18(22-25)15(5)6;1-3-4-2;/h7-15,19H,1-6H3;3-4H,1-2H2;. The van der Waals surface area contributed by atoms with Crippen LogP contribution in [0.15, 0.2) is 62.1 Å². The number of aromatic nitrogens is 6. The molecular formula is C23H34MnN6. The molecule has 0 aliphatic rings. The molecule has 0 amide bonds. The number of nitrogens with zero attached hydrogens (tertiary/aromatic N) is 6. The van der Waals surface area contributed by atoms with Gasteiger partial charge in [0, 0.05) is 35.7 Å². The van der Waals surface area contributed by atoms with E-state index in [1.54, 1.807) is 12.2 Å². The normalized spacial score (nSPS) is 10.9. The molecule has 0 aliphatic heterocycles. The van der Waals surface area contributed by atoms with Crippen LogP contribution in [0.5, 0.6) is 0 Å². The molecule has 6 nitrogen and oxygen atoms in total. The molecule has 0 bridgehead atoms. The number of hydrogen-bond donors (Lipinski definition) is 0. The van der Waals surface area contributed by atoms with Gasteiger partial charge in [-0.2, -0.15) is 15.3 Å². The second-order valence-corrected chi connectivity index (χ2v) is 7.94. The summed E-state index contributed by atoms with van der Waals surface area (Å²) in [4.78, 5) is 0. The Kier molecular flexibility index (Phi) is 10.0. The van der Waals surface area contributed by atoms with Crippen LogP contribution in [0.1, 0.15) is 82.7 Å². The first kappa shape index (κ1) is 25.7. The van der Waals surface area contributed by atoms with E-state index in [1.165, 1.54) is 0 Å². The van der Waals surface area contributed by atoms with Crippen LogP contribution in [-0.4, -0.2) is 29.3 Å². The molecule has 3 heterocycles. The third-order valence-electron chi connectivity index (χ3n) is 4.54. The van der Waals surface area contributed by atoms with Crippen molar-refractivity contribution in [1.29, 1.82) is 0 Å². The van der Waals surface area contributed by atoms with Crippen molar-refractivity contribution in [1.82, 2.24) is 29.3 Å². The quantitative estimate of drug-likeness (QED) is 0.351. The zero-order valence-corrected chi connectivity index (χ0v) is 20.1. The minimum atomic E-state index is -0.243. The van der Waals surface area contributed by atoms with E-state index in [2.05, 4.69) is 72.9 Å². The van der Waals surface area contributed by atoms with E-state index in [-0.39, 0.29) is 23.4 Å². The van der Waals surface area contributed by atoms with Crippen molar-refractivity contribution >= 4 is 0 Å². The van der Waals surface area contributed by atoms with Crippen LogP contribution in [-0.2, 0) is 17.1 Å². The second-order valence-electron chi connectivity index (χ2n) is 7.94. The van der Waals surface area contributed by atoms with Crippen molar-refractivity contribution < 1.29 is 17.1 Å². The molecule has 0 aromatic carbocycles. The van der Waals surface area contributed by atoms with Gasteiger partial charge in [0.25, 0.3) is 0 Å². The van der Waals surface area contributed by atoms with Crippen molar-refractivity contribution in [2.75, 3.05) is 0 Å². The van der Waals surface area contributed by atoms with Crippen molar-refractivity contribution in [3.8, 4) is 0 Å². The number of hydrogen-bond acceptors (Lipinski definition) is 3. The van der Waals surface area contributed by atoms with Gasteiger partial charge in [-0.1, -0.05) is 66.9 Å². The summed E-state index contributed by atoms with van der Waals surface area (Å²) in [6, 6.07) is 6.20. The fourth-order valence-electron chi connectivity index (χ4n) is 2.73. The average Bonchev–Trinajstić information content (AvgIpc) is 3.43. The van der Waals surface area contributed by atoms with Gasteiger partial charge in [0.05, 0.1) is 17.1 Å². The summed E-state index contributed by atoms with van der Waals surface area (Å²) in [7, 11) is 0. The van der Waals surface area contributed by atoms with Crippen LogP contribution in [0, 0.1) is 0 Å². The van der Waals surface area contributed by atoms with E-state index in [4.69, 9.17) is 15.3 Å². The zero-order chi connectivity index (χ0) is 21.6. The Hall–Kier alpha value is -2.37. The second kappa shape index (κ2) is 11.7. The third kappa shape index (κ3) is 6.31. The fourth-order valence-corrected chi connectivity index (χ4v) is 2.73. The Morgan fingerprint density at radius 3 is 1.07 bits per heavy atom. The Bertz CT molecular complexity index is 800. The molecule has 7 heteroatoms. The van der Waals surface area contributed by atoms with E-state index in [0.29, 0.717) is 17.8 Å². The summed E-state index contributed by atoms with van der Waals surface area (Å²) in [5.41, 5.74) is 3.20. The molecule has 0 unspecified atom stereocenters. The van der Waals surface area contributed by atoms with E-state index in [9.17, 15) is 0 Å². The summed E-state index contributed by atoms with van der Waals surface area (Å²) in [5, 5.41) is 14.3. The van der Waals surface area contributed by atoms with Gasteiger partial charge in [-0.25, -0.2) is 14.0 Å². The van der Waals surface area contributed by atoms with Gasteiger partial charge in [-0.3, -0.25) is 0 Å². The van der Waals surface area contributed by atoms with Crippen molar-refractivity contribution in [3.63, 3.8) is 0 Å². The van der Waals surface area contributed by atoms with Crippen LogP contribution >= 0.6 is 0 Å². The average molecular weight is 450 g/mol. The Morgan fingerprint density at radius 1 is 0.633 bits per heavy atom. The molecule has 0 saturated heterocycles. The minimum absolute atomic E-state index is 0. The monoisotopic (exact) mass is 449 g/mol. The van der Waals surface area contributed by atoms with E-state index >= 15 is 0 Å². The van der Waals surface area contributed by atoms with Crippen LogP contribution in [0.3, 0.4) is 0 Å². The van der Waals surface area contributed by atoms with Crippen molar-refractivity contribution in [3.05, 3.63) is 79.2 Å². The predicted molar refractivity (Wildman–Crippen MR) is 119 cm³/mol. The molecule has 3 rings (SSSR count). The van der Waals surface area contributed by atoms with E-state index in [1.807, 2.05) is 32.6 Å². The molecular weight excluding hydrogens is 415 g/mol. The van der Waals surface area contributed by atoms with Crippen LogP contribution in [0.2, 0.25) is 0 Å². The molecule has 1 radical (unpaired) electrons. The van der Waals surface area contributed by atoms with E-state index < -0.39 is 0 Å². The summed E-state index contributed by atoms with van der Waals surface area (Å²) >= 11 is 0. The van der Waals surface area contributed by atoms with Gasteiger partial charge in [0.15, 0.2) is 0 Å². The Balaban J connectivity index is 0.000000827. The summed E-state index contributed by atoms with van der Waals surface area (Å²) < 4.78 is 5.80. The zero-order valence-electron chi connectivity index (χ0n) is 18.9. The molecule has 3 aromatic rings. The van der Waals surface area contributed by atoms with Crippen LogP contribution in [0.25, 0.3) is 0 Å². The van der Waals surface area contributed by atoms with Gasteiger partial charge in [-0.05, 0) is 36.0 Å². The molecule has 0 fully saturated rings. The van der Waals surface area contributed by atoms with Gasteiger partial charge in [-0.15, -0.1) is 0 Å². The maximum absolute atomic E-state index is 4.77. The molecule has 0 N–H and O–H groups in total. The van der Waals surface area contributed by atoms with Gasteiger partial charge < -0.3 is 0 Å². The topological polar surface area (TPSA) is 53.5 Å². The summed E-state index contributed by atoms with van der Waals surface area (Å²) in [6.07, 6.45) is 9.06. The fraction of sp³-hybridized carbons (Fsp3) is 0.435. The maximum atomic E-state index is 4.77. The Morgan fingerprint density at radius 2 is 0.900 bits per heavy atom. The first-order valence-electron chi connectivity index (χ1n) is 10.2.